The van der Waals surface area contributed by atoms with E-state index in [9.17, 15) is 14.4 Å². The lowest BCUT2D eigenvalue weighted by molar-refractivity contribution is -0.126. The van der Waals surface area contributed by atoms with Crippen molar-refractivity contribution in [1.29, 1.82) is 0 Å². The quantitative estimate of drug-likeness (QED) is 0.505. The molecule has 7 nitrogen and oxygen atoms in total. The zero-order chi connectivity index (χ0) is 24.8. The Morgan fingerprint density at radius 1 is 1.00 bits per heavy atom. The number of furan rings is 1. The van der Waals surface area contributed by atoms with E-state index in [0.717, 1.165) is 36.8 Å². The summed E-state index contributed by atoms with van der Waals surface area (Å²) >= 11 is 0. The van der Waals surface area contributed by atoms with Gasteiger partial charge >= 0.3 is 0 Å². The molecule has 3 amide bonds. The van der Waals surface area contributed by atoms with Gasteiger partial charge in [0, 0.05) is 11.7 Å². The fraction of sp³-hybridized carbons (Fsp3) is 0.321. The molecule has 1 aliphatic carbocycles. The fourth-order valence-corrected chi connectivity index (χ4v) is 4.54. The van der Waals surface area contributed by atoms with Crippen molar-refractivity contribution in [2.75, 3.05) is 11.4 Å². The van der Waals surface area contributed by atoms with Crippen LogP contribution in [0.4, 0.5) is 5.69 Å². The van der Waals surface area contributed by atoms with Crippen LogP contribution in [0.2, 0.25) is 0 Å². The van der Waals surface area contributed by atoms with Gasteiger partial charge in [0.25, 0.3) is 5.91 Å². The standard InChI is InChI=1S/C28H31N3O4/c1-19-14-15-20(2)23(17-19)31(25(32)18-29-27(33)24-13-8-16-35-24)26(21-9-4-3-5-10-21)28(34)30-22-11-6-7-12-22/h3-5,8-10,13-17,22,26H,6-7,11-12,18H2,1-2H3,(H,29,33)(H,30,34). The Bertz CT molecular complexity index is 1170. The Balaban J connectivity index is 1.70. The molecule has 7 heteroatoms. The number of aryl methyl sites for hydroxylation is 2. The van der Waals surface area contributed by atoms with Crippen molar-refractivity contribution in [3.05, 3.63) is 89.4 Å². The first-order chi connectivity index (χ1) is 16.9. The van der Waals surface area contributed by atoms with E-state index >= 15 is 0 Å². The van der Waals surface area contributed by atoms with Crippen molar-refractivity contribution < 1.29 is 18.8 Å². The van der Waals surface area contributed by atoms with Gasteiger partial charge in [-0.3, -0.25) is 19.3 Å². The normalized spacial score (nSPS) is 14.3. The molecule has 1 aromatic heterocycles. The molecule has 35 heavy (non-hydrogen) atoms. The maximum absolute atomic E-state index is 13.7. The van der Waals surface area contributed by atoms with Gasteiger partial charge in [-0.2, -0.15) is 0 Å². The lowest BCUT2D eigenvalue weighted by atomic mass is 10.0. The molecule has 4 rings (SSSR count). The Kier molecular flexibility index (Phi) is 7.65. The van der Waals surface area contributed by atoms with Gasteiger partial charge in [-0.1, -0.05) is 55.3 Å². The van der Waals surface area contributed by atoms with Gasteiger partial charge < -0.3 is 15.1 Å². The van der Waals surface area contributed by atoms with Gasteiger partial charge in [-0.15, -0.1) is 0 Å². The van der Waals surface area contributed by atoms with Gasteiger partial charge in [0.1, 0.15) is 6.04 Å². The molecular weight excluding hydrogens is 442 g/mol. The second-order valence-electron chi connectivity index (χ2n) is 9.02. The second kappa shape index (κ2) is 11.0. The van der Waals surface area contributed by atoms with Crippen LogP contribution in [-0.4, -0.2) is 30.3 Å². The molecule has 1 heterocycles. The SMILES string of the molecule is Cc1ccc(C)c(N(C(=O)CNC(=O)c2ccco2)C(C(=O)NC2CCCC2)c2ccccc2)c1. The highest BCUT2D eigenvalue weighted by Gasteiger charge is 2.35. The number of benzene rings is 2. The molecule has 0 saturated heterocycles. The largest absolute Gasteiger partial charge is 0.459 e. The summed E-state index contributed by atoms with van der Waals surface area (Å²) in [6.45, 7) is 3.57. The number of carbonyl (C=O) groups excluding carboxylic acids is 3. The summed E-state index contributed by atoms with van der Waals surface area (Å²) in [4.78, 5) is 41.4. The van der Waals surface area contributed by atoms with E-state index in [1.54, 1.807) is 6.07 Å². The minimum Gasteiger partial charge on any atom is -0.459 e. The molecule has 2 aromatic carbocycles. The van der Waals surface area contributed by atoms with Crippen molar-refractivity contribution >= 4 is 23.4 Å². The number of rotatable bonds is 8. The van der Waals surface area contributed by atoms with Crippen LogP contribution in [0.1, 0.15) is 59.0 Å². The average molecular weight is 474 g/mol. The van der Waals surface area contributed by atoms with E-state index in [1.165, 1.54) is 17.2 Å². The van der Waals surface area contributed by atoms with Gasteiger partial charge in [0.15, 0.2) is 5.76 Å². The van der Waals surface area contributed by atoms with Crippen molar-refractivity contribution in [2.24, 2.45) is 0 Å². The first kappa shape index (κ1) is 24.3. The molecule has 1 aliphatic rings. The summed E-state index contributed by atoms with van der Waals surface area (Å²) in [6, 6.07) is 17.5. The fourth-order valence-electron chi connectivity index (χ4n) is 4.54. The summed E-state index contributed by atoms with van der Waals surface area (Å²) in [6.07, 6.45) is 5.43. The lowest BCUT2D eigenvalue weighted by Gasteiger charge is -2.33. The van der Waals surface area contributed by atoms with Gasteiger partial charge in [-0.05, 0) is 61.6 Å². The number of hydrogen-bond donors (Lipinski definition) is 2. The summed E-state index contributed by atoms with van der Waals surface area (Å²) in [5.41, 5.74) is 3.16. The summed E-state index contributed by atoms with van der Waals surface area (Å²) < 4.78 is 5.14. The number of hydrogen-bond acceptors (Lipinski definition) is 4. The third kappa shape index (κ3) is 5.80. The molecule has 0 aliphatic heterocycles. The van der Waals surface area contributed by atoms with Crippen LogP contribution < -0.4 is 15.5 Å². The second-order valence-corrected chi connectivity index (χ2v) is 9.02. The Morgan fingerprint density at radius 2 is 1.74 bits per heavy atom. The smallest absolute Gasteiger partial charge is 0.287 e. The zero-order valence-electron chi connectivity index (χ0n) is 20.1. The van der Waals surface area contributed by atoms with Crippen LogP contribution in [0.25, 0.3) is 0 Å². The van der Waals surface area contributed by atoms with Crippen molar-refractivity contribution in [2.45, 2.75) is 51.6 Å². The lowest BCUT2D eigenvalue weighted by Crippen LogP contribution is -2.49. The van der Waals surface area contributed by atoms with Gasteiger partial charge in [0.2, 0.25) is 11.8 Å². The van der Waals surface area contributed by atoms with E-state index in [-0.39, 0.29) is 24.3 Å². The molecule has 0 radical (unpaired) electrons. The molecule has 2 N–H and O–H groups in total. The first-order valence-corrected chi connectivity index (χ1v) is 12.0. The maximum atomic E-state index is 13.7. The van der Waals surface area contributed by atoms with E-state index in [1.807, 2.05) is 62.4 Å². The number of nitrogens with zero attached hydrogens (tertiary/aromatic N) is 1. The highest BCUT2D eigenvalue weighted by atomic mass is 16.3. The summed E-state index contributed by atoms with van der Waals surface area (Å²) in [5, 5.41) is 5.80. The molecule has 1 saturated carbocycles. The number of carbonyl (C=O) groups is 3. The van der Waals surface area contributed by atoms with Crippen LogP contribution in [-0.2, 0) is 9.59 Å². The van der Waals surface area contributed by atoms with E-state index in [0.29, 0.717) is 11.3 Å². The van der Waals surface area contributed by atoms with Gasteiger partial charge in [0.05, 0.1) is 12.8 Å². The topological polar surface area (TPSA) is 91.7 Å². The van der Waals surface area contributed by atoms with Crippen LogP contribution in [0.5, 0.6) is 0 Å². The Morgan fingerprint density at radius 3 is 2.43 bits per heavy atom. The van der Waals surface area contributed by atoms with Crippen LogP contribution in [0, 0.1) is 13.8 Å². The van der Waals surface area contributed by atoms with Crippen LogP contribution >= 0.6 is 0 Å². The van der Waals surface area contributed by atoms with Crippen LogP contribution in [0.15, 0.2) is 71.3 Å². The number of nitrogens with one attached hydrogen (secondary N) is 2. The van der Waals surface area contributed by atoms with E-state index in [2.05, 4.69) is 10.6 Å². The van der Waals surface area contributed by atoms with Crippen molar-refractivity contribution in [3.8, 4) is 0 Å². The molecule has 3 aromatic rings. The number of anilines is 1. The Hall–Kier alpha value is -3.87. The Labute approximate surface area is 205 Å². The highest BCUT2D eigenvalue weighted by Crippen LogP contribution is 2.32. The minimum atomic E-state index is -0.884. The molecule has 1 unspecified atom stereocenters. The molecule has 1 atom stereocenters. The molecule has 182 valence electrons. The molecule has 0 spiro atoms. The highest BCUT2D eigenvalue weighted by molar-refractivity contribution is 6.04. The molecule has 1 fully saturated rings. The zero-order valence-corrected chi connectivity index (χ0v) is 20.1. The minimum absolute atomic E-state index is 0.0999. The predicted molar refractivity (Wildman–Crippen MR) is 134 cm³/mol. The molecular formula is C28H31N3O4. The first-order valence-electron chi connectivity index (χ1n) is 12.0. The predicted octanol–water partition coefficient (Wildman–Crippen LogP) is 4.46. The third-order valence-corrected chi connectivity index (χ3v) is 6.36. The van der Waals surface area contributed by atoms with Crippen molar-refractivity contribution in [3.63, 3.8) is 0 Å². The number of amides is 3. The average Bonchev–Trinajstić information content (AvgIpc) is 3.57. The maximum Gasteiger partial charge on any atom is 0.287 e. The van der Waals surface area contributed by atoms with Crippen LogP contribution in [0.3, 0.4) is 0 Å². The summed E-state index contributed by atoms with van der Waals surface area (Å²) in [7, 11) is 0. The van der Waals surface area contributed by atoms with Crippen molar-refractivity contribution in [1.82, 2.24) is 10.6 Å². The van der Waals surface area contributed by atoms with Gasteiger partial charge in [-0.25, -0.2) is 0 Å². The van der Waals surface area contributed by atoms with E-state index in [4.69, 9.17) is 4.42 Å². The monoisotopic (exact) mass is 473 g/mol. The molecule has 0 bridgehead atoms. The third-order valence-electron chi connectivity index (χ3n) is 6.36. The summed E-state index contributed by atoms with van der Waals surface area (Å²) in [5.74, 6) is -0.991. The van der Waals surface area contributed by atoms with E-state index < -0.39 is 17.9 Å².